The van der Waals surface area contributed by atoms with Crippen LogP contribution >= 0.6 is 22.6 Å². The maximum atomic E-state index is 5.38. The van der Waals surface area contributed by atoms with Gasteiger partial charge in [0.1, 0.15) is 0 Å². The quantitative estimate of drug-likeness (QED) is 0.579. The Hall–Kier alpha value is -1.08. The van der Waals surface area contributed by atoms with Gasteiger partial charge in [-0.1, -0.05) is 12.1 Å². The van der Waals surface area contributed by atoms with Crippen LogP contribution in [0.3, 0.4) is 0 Å². The molecule has 1 aromatic carbocycles. The summed E-state index contributed by atoms with van der Waals surface area (Å²) in [5, 5.41) is 3.41. The van der Waals surface area contributed by atoms with E-state index in [1.54, 1.807) is 0 Å². The molecular formula is C15H20IN3O. The lowest BCUT2D eigenvalue weighted by Crippen LogP contribution is -2.06. The van der Waals surface area contributed by atoms with Crippen molar-refractivity contribution in [1.82, 2.24) is 9.55 Å². The lowest BCUT2D eigenvalue weighted by Gasteiger charge is -2.11. The predicted octanol–water partition coefficient (Wildman–Crippen LogP) is 3.97. The Bertz CT molecular complexity index is 554. The standard InChI is InChI=1S/C15H20IN3O/c1-3-20-10-6-9-19-11-12(2)17-15(19)18-14-8-5-4-7-13(14)16/h4-5,7-8,11H,3,6,9-10H2,1-2H3,(H,17,18). The minimum atomic E-state index is 0.774. The molecule has 0 bridgehead atoms. The second kappa shape index (κ2) is 7.64. The number of ether oxygens (including phenoxy) is 1. The van der Waals surface area contributed by atoms with E-state index in [1.807, 2.05) is 26.0 Å². The molecule has 108 valence electrons. The van der Waals surface area contributed by atoms with E-state index in [-0.39, 0.29) is 0 Å². The monoisotopic (exact) mass is 385 g/mol. The molecule has 0 saturated carbocycles. The summed E-state index contributed by atoms with van der Waals surface area (Å²) in [6.45, 7) is 6.50. The van der Waals surface area contributed by atoms with Crippen molar-refractivity contribution < 1.29 is 4.74 Å². The van der Waals surface area contributed by atoms with Gasteiger partial charge >= 0.3 is 0 Å². The molecule has 4 nitrogen and oxygen atoms in total. The molecule has 5 heteroatoms. The van der Waals surface area contributed by atoms with Crippen molar-refractivity contribution in [1.29, 1.82) is 0 Å². The smallest absolute Gasteiger partial charge is 0.207 e. The Kier molecular flexibility index (Phi) is 5.85. The number of anilines is 2. The number of aromatic nitrogens is 2. The van der Waals surface area contributed by atoms with Gasteiger partial charge in [0.2, 0.25) is 5.95 Å². The number of imidazole rings is 1. The first kappa shape index (κ1) is 15.3. The third kappa shape index (κ3) is 4.21. The molecule has 1 N–H and O–H groups in total. The summed E-state index contributed by atoms with van der Waals surface area (Å²) >= 11 is 2.33. The maximum Gasteiger partial charge on any atom is 0.207 e. The van der Waals surface area contributed by atoms with Crippen molar-refractivity contribution in [2.45, 2.75) is 26.8 Å². The number of benzene rings is 1. The Balaban J connectivity index is 2.06. The largest absolute Gasteiger partial charge is 0.382 e. The van der Waals surface area contributed by atoms with E-state index in [4.69, 9.17) is 4.74 Å². The number of hydrogen-bond donors (Lipinski definition) is 1. The molecule has 0 fully saturated rings. The number of aryl methyl sites for hydroxylation is 2. The van der Waals surface area contributed by atoms with Gasteiger partial charge in [0, 0.05) is 29.5 Å². The van der Waals surface area contributed by atoms with Crippen LogP contribution in [0, 0.1) is 10.5 Å². The number of para-hydroxylation sites is 1. The fraction of sp³-hybridized carbons (Fsp3) is 0.400. The molecule has 20 heavy (non-hydrogen) atoms. The molecule has 0 amide bonds. The van der Waals surface area contributed by atoms with Crippen LogP contribution in [0.25, 0.3) is 0 Å². The lowest BCUT2D eigenvalue weighted by molar-refractivity contribution is 0.142. The minimum absolute atomic E-state index is 0.774. The van der Waals surface area contributed by atoms with Crippen molar-refractivity contribution in [2.24, 2.45) is 0 Å². The highest BCUT2D eigenvalue weighted by molar-refractivity contribution is 14.1. The summed E-state index contributed by atoms with van der Waals surface area (Å²) in [5.41, 5.74) is 2.11. The molecule has 0 unspecified atom stereocenters. The Morgan fingerprint density at radius 2 is 2.15 bits per heavy atom. The van der Waals surface area contributed by atoms with Gasteiger partial charge in [-0.2, -0.15) is 0 Å². The Morgan fingerprint density at radius 1 is 1.35 bits per heavy atom. The van der Waals surface area contributed by atoms with Gasteiger partial charge in [-0.3, -0.25) is 0 Å². The molecule has 0 saturated heterocycles. The van der Waals surface area contributed by atoms with Gasteiger partial charge in [0.05, 0.1) is 11.4 Å². The van der Waals surface area contributed by atoms with Crippen molar-refractivity contribution >= 4 is 34.2 Å². The van der Waals surface area contributed by atoms with E-state index in [1.165, 1.54) is 3.57 Å². The average Bonchev–Trinajstić information content (AvgIpc) is 2.78. The first-order chi connectivity index (χ1) is 9.70. The van der Waals surface area contributed by atoms with Crippen LogP contribution in [-0.2, 0) is 11.3 Å². The van der Waals surface area contributed by atoms with Crippen LogP contribution in [-0.4, -0.2) is 22.8 Å². The molecule has 1 aromatic heterocycles. The van der Waals surface area contributed by atoms with Crippen molar-refractivity contribution in [3.63, 3.8) is 0 Å². The highest BCUT2D eigenvalue weighted by Gasteiger charge is 2.07. The van der Waals surface area contributed by atoms with Crippen LogP contribution < -0.4 is 5.32 Å². The summed E-state index contributed by atoms with van der Waals surface area (Å²) < 4.78 is 8.72. The second-order valence-electron chi connectivity index (χ2n) is 4.55. The molecule has 2 aromatic rings. The van der Waals surface area contributed by atoms with Gasteiger partial charge in [0.25, 0.3) is 0 Å². The number of nitrogens with one attached hydrogen (secondary N) is 1. The molecular weight excluding hydrogens is 365 g/mol. The first-order valence-electron chi connectivity index (χ1n) is 6.83. The zero-order valence-electron chi connectivity index (χ0n) is 11.9. The van der Waals surface area contributed by atoms with Crippen molar-refractivity contribution in [3.8, 4) is 0 Å². The minimum Gasteiger partial charge on any atom is -0.382 e. The van der Waals surface area contributed by atoms with E-state index in [2.05, 4.69) is 55.8 Å². The van der Waals surface area contributed by atoms with Gasteiger partial charge < -0.3 is 14.6 Å². The van der Waals surface area contributed by atoms with E-state index in [0.29, 0.717) is 0 Å². The third-order valence-electron chi connectivity index (χ3n) is 2.91. The van der Waals surface area contributed by atoms with Crippen LogP contribution in [0.5, 0.6) is 0 Å². The highest BCUT2D eigenvalue weighted by Crippen LogP contribution is 2.22. The van der Waals surface area contributed by atoms with E-state index in [0.717, 1.165) is 43.5 Å². The lowest BCUT2D eigenvalue weighted by atomic mass is 10.3. The summed E-state index contributed by atoms with van der Waals surface area (Å²) in [6, 6.07) is 8.21. The Labute approximate surface area is 133 Å². The van der Waals surface area contributed by atoms with Crippen LogP contribution in [0.15, 0.2) is 30.5 Å². The zero-order chi connectivity index (χ0) is 14.4. The van der Waals surface area contributed by atoms with E-state index in [9.17, 15) is 0 Å². The van der Waals surface area contributed by atoms with Gasteiger partial charge in [0.15, 0.2) is 0 Å². The fourth-order valence-corrected chi connectivity index (χ4v) is 2.50. The highest BCUT2D eigenvalue weighted by atomic mass is 127. The van der Waals surface area contributed by atoms with Crippen LogP contribution in [0.2, 0.25) is 0 Å². The summed E-state index contributed by atoms with van der Waals surface area (Å²) in [7, 11) is 0. The normalized spacial score (nSPS) is 10.8. The average molecular weight is 385 g/mol. The predicted molar refractivity (Wildman–Crippen MR) is 90.5 cm³/mol. The summed E-state index contributed by atoms with van der Waals surface area (Å²) in [5.74, 6) is 0.892. The van der Waals surface area contributed by atoms with E-state index < -0.39 is 0 Å². The van der Waals surface area contributed by atoms with Crippen molar-refractivity contribution in [3.05, 3.63) is 39.7 Å². The molecule has 1 heterocycles. The Morgan fingerprint density at radius 3 is 2.90 bits per heavy atom. The maximum absolute atomic E-state index is 5.38. The van der Waals surface area contributed by atoms with Gasteiger partial charge in [-0.05, 0) is 55.0 Å². The van der Waals surface area contributed by atoms with Gasteiger partial charge in [-0.15, -0.1) is 0 Å². The topological polar surface area (TPSA) is 39.1 Å². The molecule has 0 atom stereocenters. The second-order valence-corrected chi connectivity index (χ2v) is 5.72. The summed E-state index contributed by atoms with van der Waals surface area (Å²) in [6.07, 6.45) is 3.06. The molecule has 0 aliphatic heterocycles. The SMILES string of the molecule is CCOCCCn1cc(C)nc1Nc1ccccc1I. The van der Waals surface area contributed by atoms with Gasteiger partial charge in [-0.25, -0.2) is 4.98 Å². The third-order valence-corrected chi connectivity index (χ3v) is 3.85. The molecule has 2 rings (SSSR count). The molecule has 0 aliphatic rings. The first-order valence-corrected chi connectivity index (χ1v) is 7.91. The van der Waals surface area contributed by atoms with Crippen LogP contribution in [0.1, 0.15) is 19.0 Å². The van der Waals surface area contributed by atoms with E-state index >= 15 is 0 Å². The number of rotatable bonds is 7. The molecule has 0 spiro atoms. The van der Waals surface area contributed by atoms with Crippen LogP contribution in [0.4, 0.5) is 11.6 Å². The number of halogens is 1. The molecule has 0 radical (unpaired) electrons. The van der Waals surface area contributed by atoms with Crippen molar-refractivity contribution in [2.75, 3.05) is 18.5 Å². The fourth-order valence-electron chi connectivity index (χ4n) is 1.98. The zero-order valence-corrected chi connectivity index (χ0v) is 14.1. The number of nitrogens with zero attached hydrogens (tertiary/aromatic N) is 2. The summed E-state index contributed by atoms with van der Waals surface area (Å²) in [4.78, 5) is 4.55. The molecule has 0 aliphatic carbocycles. The number of hydrogen-bond acceptors (Lipinski definition) is 3.